The number of carbonyl (C=O) groups is 5. The molecule has 6 N–H and O–H groups in total. The number of benzene rings is 1. The number of aliphatic imine (C=N–C) groups is 1. The Morgan fingerprint density at radius 1 is 0.778 bits per heavy atom. The van der Waals surface area contributed by atoms with Crippen LogP contribution in [0.1, 0.15) is 82.8 Å². The quantitative estimate of drug-likeness (QED) is 0.206. The Bertz CT molecular complexity index is 1890. The summed E-state index contributed by atoms with van der Waals surface area (Å²) in [6, 6.07) is 3.86. The molecule has 288 valence electrons. The number of thiazole rings is 2. The maximum Gasteiger partial charge on any atom is 0.271 e. The largest absolute Gasteiger partial charge is 0.474 e. The molecule has 2 aromatic heterocycles. The zero-order chi connectivity index (χ0) is 38.5. The van der Waals surface area contributed by atoms with Crippen LogP contribution in [0, 0.1) is 5.92 Å². The number of aliphatic hydroxyl groups is 1. The lowest BCUT2D eigenvalue weighted by atomic mass is 10.0. The van der Waals surface area contributed by atoms with Crippen molar-refractivity contribution in [3.63, 3.8) is 0 Å². The first-order valence-corrected chi connectivity index (χ1v) is 21.8. The van der Waals surface area contributed by atoms with Gasteiger partial charge in [-0.1, -0.05) is 65.8 Å². The summed E-state index contributed by atoms with van der Waals surface area (Å²) in [6.45, 7) is 7.14. The molecule has 0 spiro atoms. The SMILES string of the molecule is CC(C)C[C@H]1NC(=O)[C@H]2N=C(O[C@@H]2C)[C@H]2CSSC[C@@H](NC(=O)c3csc1n3)C(=O)N[C@@H]([C@@H](C)O)C(=O)N[C@H](Cc1ccccc1)c1nc(cs1)C(=O)N2. The number of hydrogen-bond acceptors (Lipinski definition) is 14. The summed E-state index contributed by atoms with van der Waals surface area (Å²) in [5.74, 6) is -2.28. The van der Waals surface area contributed by atoms with Crippen molar-refractivity contribution in [1.82, 2.24) is 36.6 Å². The van der Waals surface area contributed by atoms with Crippen LogP contribution in [0.3, 0.4) is 0 Å². The molecule has 3 aliphatic rings. The van der Waals surface area contributed by atoms with E-state index in [0.717, 1.165) is 5.56 Å². The van der Waals surface area contributed by atoms with Crippen molar-refractivity contribution in [3.8, 4) is 0 Å². The van der Waals surface area contributed by atoms with E-state index in [4.69, 9.17) is 4.74 Å². The standard InChI is InChI=1S/C35H42N8O7S4/c1-16(2)10-20-34-40-22(12-51-34)28(45)38-24-14-53-54-15-25(33-43-27(18(4)50-33)32(49)36-20)39-29(46)23-13-52-35(41-23)21(11-19-8-6-5-7-9-19)37-31(48)26(17(3)44)42-30(24)47/h5-9,12-13,16-18,20-21,24-27,44H,10-11,14-15H2,1-4H3,(H,36,49)(H,37,48)(H,38,45)(H,39,46)(H,42,47)/t17-,18-,20-,21-,24-,25-,26+,27+/m1/s1. The van der Waals surface area contributed by atoms with Crippen molar-refractivity contribution in [2.75, 3.05) is 11.5 Å². The molecule has 5 amide bonds. The van der Waals surface area contributed by atoms with Gasteiger partial charge in [0.05, 0.1) is 18.2 Å². The van der Waals surface area contributed by atoms with Crippen LogP contribution in [0.25, 0.3) is 0 Å². The van der Waals surface area contributed by atoms with Gasteiger partial charge in [0.1, 0.15) is 45.6 Å². The molecular weight excluding hydrogens is 773 g/mol. The average molecular weight is 815 g/mol. The first kappa shape index (κ1) is 39.6. The third kappa shape index (κ3) is 9.60. The third-order valence-electron chi connectivity index (χ3n) is 8.85. The summed E-state index contributed by atoms with van der Waals surface area (Å²) in [5.41, 5.74) is 1.05. The van der Waals surface area contributed by atoms with E-state index >= 15 is 0 Å². The van der Waals surface area contributed by atoms with E-state index in [2.05, 4.69) is 41.5 Å². The van der Waals surface area contributed by atoms with E-state index in [-0.39, 0.29) is 40.6 Å². The average Bonchev–Trinajstić information content (AvgIpc) is 3.90. The highest BCUT2D eigenvalue weighted by Crippen LogP contribution is 2.29. The minimum Gasteiger partial charge on any atom is -0.474 e. The van der Waals surface area contributed by atoms with Crippen LogP contribution in [-0.2, 0) is 25.5 Å². The molecule has 3 aliphatic heterocycles. The van der Waals surface area contributed by atoms with Crippen molar-refractivity contribution < 1.29 is 33.8 Å². The first-order chi connectivity index (χ1) is 25.9. The summed E-state index contributed by atoms with van der Waals surface area (Å²) in [5, 5.41) is 29.2. The number of amides is 5. The highest BCUT2D eigenvalue weighted by molar-refractivity contribution is 8.76. The predicted molar refractivity (Wildman–Crippen MR) is 208 cm³/mol. The van der Waals surface area contributed by atoms with Gasteiger partial charge in [-0.3, -0.25) is 24.0 Å². The number of rotatable bonds is 5. The molecule has 54 heavy (non-hydrogen) atoms. The van der Waals surface area contributed by atoms with E-state index in [1.807, 2.05) is 44.2 Å². The number of nitrogens with zero attached hydrogens (tertiary/aromatic N) is 3. The molecule has 0 fully saturated rings. The van der Waals surface area contributed by atoms with Gasteiger partial charge in [-0.15, -0.1) is 22.7 Å². The van der Waals surface area contributed by atoms with Crippen LogP contribution in [0.15, 0.2) is 46.1 Å². The minimum absolute atomic E-state index is 0.0438. The van der Waals surface area contributed by atoms with Crippen LogP contribution >= 0.6 is 44.3 Å². The monoisotopic (exact) mass is 814 g/mol. The lowest BCUT2D eigenvalue weighted by Gasteiger charge is -2.26. The second kappa shape index (κ2) is 17.6. The van der Waals surface area contributed by atoms with Gasteiger partial charge in [0, 0.05) is 22.3 Å². The summed E-state index contributed by atoms with van der Waals surface area (Å²) in [7, 11) is 2.53. The number of nitrogens with one attached hydrogen (secondary N) is 5. The highest BCUT2D eigenvalue weighted by atomic mass is 33.1. The number of carbonyl (C=O) groups excluding carboxylic acids is 5. The molecule has 0 radical (unpaired) electrons. The Morgan fingerprint density at radius 2 is 1.37 bits per heavy atom. The van der Waals surface area contributed by atoms with Gasteiger partial charge in [-0.2, -0.15) is 0 Å². The predicted octanol–water partition coefficient (Wildman–Crippen LogP) is 2.56. The van der Waals surface area contributed by atoms with Gasteiger partial charge in [0.25, 0.3) is 11.8 Å². The van der Waals surface area contributed by atoms with Gasteiger partial charge >= 0.3 is 0 Å². The Kier molecular flexibility index (Phi) is 12.9. The number of hydrogen-bond donors (Lipinski definition) is 6. The van der Waals surface area contributed by atoms with Crippen molar-refractivity contribution in [1.29, 1.82) is 0 Å². The Balaban J connectivity index is 1.41. The summed E-state index contributed by atoms with van der Waals surface area (Å²) in [6.07, 6.45) is -1.12. The van der Waals surface area contributed by atoms with Crippen molar-refractivity contribution in [3.05, 3.63) is 68.1 Å². The van der Waals surface area contributed by atoms with Crippen LogP contribution < -0.4 is 26.6 Å². The molecule has 0 unspecified atom stereocenters. The number of aromatic nitrogens is 2. The third-order valence-corrected chi connectivity index (χ3v) is 13.2. The maximum atomic E-state index is 13.9. The zero-order valence-electron chi connectivity index (χ0n) is 29.9. The number of ether oxygens (including phenoxy) is 1. The molecule has 8 atom stereocenters. The van der Waals surface area contributed by atoms with Crippen molar-refractivity contribution in [2.24, 2.45) is 10.9 Å². The minimum atomic E-state index is -1.39. The lowest BCUT2D eigenvalue weighted by Crippen LogP contribution is -2.58. The van der Waals surface area contributed by atoms with Gasteiger partial charge in [-0.05, 0) is 38.2 Å². The van der Waals surface area contributed by atoms with Crippen LogP contribution in [0.4, 0.5) is 0 Å². The van der Waals surface area contributed by atoms with E-state index in [0.29, 0.717) is 22.9 Å². The van der Waals surface area contributed by atoms with Crippen LogP contribution in [-0.4, -0.2) is 98.4 Å². The molecular formula is C35H42N8O7S4. The molecule has 0 aliphatic carbocycles. The number of aliphatic hydroxyl groups excluding tert-OH is 1. The van der Waals surface area contributed by atoms with Gasteiger partial charge < -0.3 is 36.4 Å². The fourth-order valence-electron chi connectivity index (χ4n) is 6.05. The molecule has 6 rings (SSSR count). The normalized spacial score (nSPS) is 27.6. The lowest BCUT2D eigenvalue weighted by molar-refractivity contribution is -0.132. The molecule has 19 heteroatoms. The van der Waals surface area contributed by atoms with E-state index in [9.17, 15) is 29.1 Å². The Labute approximate surface area is 328 Å². The van der Waals surface area contributed by atoms with Crippen molar-refractivity contribution in [2.45, 2.75) is 89.0 Å². The summed E-state index contributed by atoms with van der Waals surface area (Å²) >= 11 is 2.39. The zero-order valence-corrected chi connectivity index (χ0v) is 33.2. The molecule has 3 aromatic rings. The molecule has 5 heterocycles. The van der Waals surface area contributed by atoms with Crippen LogP contribution in [0.5, 0.6) is 0 Å². The van der Waals surface area contributed by atoms with Gasteiger partial charge in [0.2, 0.25) is 23.6 Å². The maximum absolute atomic E-state index is 13.9. The summed E-state index contributed by atoms with van der Waals surface area (Å²) in [4.78, 5) is 82.8. The van der Waals surface area contributed by atoms with Gasteiger partial charge in [0.15, 0.2) is 6.04 Å². The van der Waals surface area contributed by atoms with E-state index < -0.39 is 72.1 Å². The molecule has 8 bridgehead atoms. The molecule has 0 saturated carbocycles. The van der Waals surface area contributed by atoms with E-state index in [1.165, 1.54) is 51.2 Å². The topological polar surface area (TPSA) is 213 Å². The van der Waals surface area contributed by atoms with Crippen LogP contribution in [0.2, 0.25) is 0 Å². The second-order valence-electron chi connectivity index (χ2n) is 13.7. The Morgan fingerprint density at radius 3 is 2.00 bits per heavy atom. The Hall–Kier alpha value is -4.04. The molecule has 1 aromatic carbocycles. The first-order valence-electron chi connectivity index (χ1n) is 17.5. The number of fused-ring (bicyclic) bond motifs is 11. The van der Waals surface area contributed by atoms with Gasteiger partial charge in [-0.25, -0.2) is 15.0 Å². The molecule has 15 nitrogen and oxygen atoms in total. The fraction of sp³-hybridized carbons (Fsp3) is 0.486. The molecule has 0 saturated heterocycles. The second-order valence-corrected chi connectivity index (χ2v) is 18.0. The van der Waals surface area contributed by atoms with Crippen molar-refractivity contribution >= 4 is 79.7 Å². The summed E-state index contributed by atoms with van der Waals surface area (Å²) < 4.78 is 6.14. The smallest absolute Gasteiger partial charge is 0.271 e. The van der Waals surface area contributed by atoms with E-state index in [1.54, 1.807) is 17.7 Å². The highest BCUT2D eigenvalue weighted by Gasteiger charge is 2.39. The fourth-order valence-corrected chi connectivity index (χ4v) is 10.1.